The summed E-state index contributed by atoms with van der Waals surface area (Å²) in [5.74, 6) is 0.903. The second-order valence-corrected chi connectivity index (χ2v) is 8.45. The van der Waals surface area contributed by atoms with Crippen molar-refractivity contribution in [3.05, 3.63) is 29.8 Å². The number of piperidine rings is 1. The predicted octanol–water partition coefficient (Wildman–Crippen LogP) is 3.59. The van der Waals surface area contributed by atoms with Gasteiger partial charge in [-0.15, -0.1) is 0 Å². The van der Waals surface area contributed by atoms with E-state index in [-0.39, 0.29) is 23.9 Å². The number of nitrogens with one attached hydrogen (secondary N) is 2. The first-order valence-corrected chi connectivity index (χ1v) is 10.2. The Morgan fingerprint density at radius 1 is 1.07 bits per heavy atom. The standard InChI is InChI=1S/C22H35N3O2/c1-15(2)14-21(26)24-18-10-12-25(13-11-18)20-9-7-6-8-19(20)22(27)23-17(5)16(3)4/h6-9,15-18H,10-14H2,1-5H3,(H,23,27)(H,24,26)/t17-/m0/s1. The highest BCUT2D eigenvalue weighted by Crippen LogP contribution is 2.24. The first-order valence-electron chi connectivity index (χ1n) is 10.2. The molecule has 0 radical (unpaired) electrons. The molecule has 1 atom stereocenters. The maximum absolute atomic E-state index is 12.7. The van der Waals surface area contributed by atoms with E-state index in [1.165, 1.54) is 0 Å². The number of carbonyl (C=O) groups is 2. The van der Waals surface area contributed by atoms with Crippen LogP contribution in [-0.2, 0) is 4.79 Å². The normalized spacial score (nSPS) is 16.5. The van der Waals surface area contributed by atoms with Gasteiger partial charge in [-0.25, -0.2) is 0 Å². The van der Waals surface area contributed by atoms with E-state index in [2.05, 4.69) is 43.2 Å². The zero-order valence-corrected chi connectivity index (χ0v) is 17.4. The van der Waals surface area contributed by atoms with Gasteiger partial charge in [0.15, 0.2) is 0 Å². The van der Waals surface area contributed by atoms with Crippen LogP contribution in [0.25, 0.3) is 0 Å². The van der Waals surface area contributed by atoms with Gasteiger partial charge >= 0.3 is 0 Å². The Hall–Kier alpha value is -2.04. The molecule has 0 bridgehead atoms. The van der Waals surface area contributed by atoms with Crippen molar-refractivity contribution in [3.8, 4) is 0 Å². The van der Waals surface area contributed by atoms with Crippen LogP contribution in [0.2, 0.25) is 0 Å². The minimum atomic E-state index is -0.0147. The molecule has 2 rings (SSSR count). The number of rotatable bonds is 7. The lowest BCUT2D eigenvalue weighted by molar-refractivity contribution is -0.122. The average Bonchev–Trinajstić information content (AvgIpc) is 2.61. The highest BCUT2D eigenvalue weighted by molar-refractivity contribution is 6.00. The van der Waals surface area contributed by atoms with E-state index in [0.29, 0.717) is 18.3 Å². The molecule has 0 aliphatic carbocycles. The second-order valence-electron chi connectivity index (χ2n) is 8.45. The van der Waals surface area contributed by atoms with Crippen LogP contribution in [0.1, 0.15) is 64.2 Å². The van der Waals surface area contributed by atoms with Crippen LogP contribution in [0.4, 0.5) is 5.69 Å². The zero-order valence-electron chi connectivity index (χ0n) is 17.4. The van der Waals surface area contributed by atoms with Gasteiger partial charge in [0.1, 0.15) is 0 Å². The van der Waals surface area contributed by atoms with Crippen LogP contribution in [-0.4, -0.2) is 37.0 Å². The molecule has 1 heterocycles. The number of carbonyl (C=O) groups excluding carboxylic acids is 2. The highest BCUT2D eigenvalue weighted by Gasteiger charge is 2.24. The van der Waals surface area contributed by atoms with Crippen molar-refractivity contribution in [2.24, 2.45) is 11.8 Å². The molecule has 5 nitrogen and oxygen atoms in total. The molecule has 150 valence electrons. The first kappa shape index (κ1) is 21.3. The molecule has 0 aromatic heterocycles. The van der Waals surface area contributed by atoms with E-state index < -0.39 is 0 Å². The van der Waals surface area contributed by atoms with Crippen molar-refractivity contribution < 1.29 is 9.59 Å². The van der Waals surface area contributed by atoms with Gasteiger partial charge in [-0.05, 0) is 43.7 Å². The van der Waals surface area contributed by atoms with Crippen molar-refractivity contribution in [3.63, 3.8) is 0 Å². The molecule has 0 spiro atoms. The molecule has 1 aromatic rings. The fourth-order valence-electron chi connectivity index (χ4n) is 3.31. The maximum Gasteiger partial charge on any atom is 0.253 e. The summed E-state index contributed by atoms with van der Waals surface area (Å²) in [5.41, 5.74) is 1.71. The molecule has 1 aliphatic heterocycles. The zero-order chi connectivity index (χ0) is 20.0. The van der Waals surface area contributed by atoms with E-state index in [4.69, 9.17) is 0 Å². The molecule has 2 amide bonds. The Morgan fingerprint density at radius 3 is 2.30 bits per heavy atom. The molecule has 0 saturated carbocycles. The number of hydrogen-bond donors (Lipinski definition) is 2. The molecule has 1 fully saturated rings. The smallest absolute Gasteiger partial charge is 0.253 e. The van der Waals surface area contributed by atoms with E-state index in [1.54, 1.807) is 0 Å². The van der Waals surface area contributed by atoms with Crippen molar-refractivity contribution in [1.82, 2.24) is 10.6 Å². The summed E-state index contributed by atoms with van der Waals surface area (Å²) < 4.78 is 0. The van der Waals surface area contributed by atoms with Gasteiger partial charge in [-0.3, -0.25) is 9.59 Å². The third-order valence-corrected chi connectivity index (χ3v) is 5.30. The summed E-state index contributed by atoms with van der Waals surface area (Å²) in [5, 5.41) is 6.26. The molecule has 2 N–H and O–H groups in total. The van der Waals surface area contributed by atoms with E-state index in [9.17, 15) is 9.59 Å². The van der Waals surface area contributed by atoms with Gasteiger partial charge in [-0.1, -0.05) is 39.8 Å². The predicted molar refractivity (Wildman–Crippen MR) is 111 cm³/mol. The highest BCUT2D eigenvalue weighted by atomic mass is 16.2. The molecule has 27 heavy (non-hydrogen) atoms. The Morgan fingerprint density at radius 2 is 1.70 bits per heavy atom. The summed E-state index contributed by atoms with van der Waals surface area (Å²) in [4.78, 5) is 27.0. The summed E-state index contributed by atoms with van der Waals surface area (Å²) in [6, 6.07) is 8.18. The number of hydrogen-bond acceptors (Lipinski definition) is 3. The van der Waals surface area contributed by atoms with Gasteiger partial charge in [0, 0.05) is 37.3 Å². The van der Waals surface area contributed by atoms with Crippen molar-refractivity contribution in [2.45, 2.75) is 66.0 Å². The van der Waals surface area contributed by atoms with Crippen LogP contribution >= 0.6 is 0 Å². The molecule has 0 unspecified atom stereocenters. The van der Waals surface area contributed by atoms with Crippen LogP contribution < -0.4 is 15.5 Å². The van der Waals surface area contributed by atoms with Gasteiger partial charge in [0.2, 0.25) is 5.91 Å². The molecule has 1 saturated heterocycles. The van der Waals surface area contributed by atoms with Crippen LogP contribution in [0.5, 0.6) is 0 Å². The van der Waals surface area contributed by atoms with Gasteiger partial charge in [0.25, 0.3) is 5.91 Å². The first-order chi connectivity index (χ1) is 12.8. The summed E-state index contributed by atoms with van der Waals surface area (Å²) >= 11 is 0. The summed E-state index contributed by atoms with van der Waals surface area (Å²) in [7, 11) is 0. The van der Waals surface area contributed by atoms with E-state index in [1.807, 2.05) is 31.2 Å². The fourth-order valence-corrected chi connectivity index (χ4v) is 3.31. The Bertz CT molecular complexity index is 634. The average molecular weight is 374 g/mol. The second kappa shape index (κ2) is 9.77. The van der Waals surface area contributed by atoms with Crippen LogP contribution in [0.3, 0.4) is 0 Å². The van der Waals surface area contributed by atoms with Crippen molar-refractivity contribution in [2.75, 3.05) is 18.0 Å². The molecule has 5 heteroatoms. The lowest BCUT2D eigenvalue weighted by Crippen LogP contribution is -2.45. The number of nitrogens with zero attached hydrogens (tertiary/aromatic N) is 1. The van der Waals surface area contributed by atoms with Gasteiger partial charge < -0.3 is 15.5 Å². The number of benzene rings is 1. The molecule has 1 aliphatic rings. The maximum atomic E-state index is 12.7. The van der Waals surface area contributed by atoms with Crippen molar-refractivity contribution >= 4 is 17.5 Å². The van der Waals surface area contributed by atoms with Gasteiger partial charge in [0.05, 0.1) is 5.56 Å². The topological polar surface area (TPSA) is 61.4 Å². The minimum absolute atomic E-state index is 0.0147. The molecular formula is C22H35N3O2. The minimum Gasteiger partial charge on any atom is -0.371 e. The van der Waals surface area contributed by atoms with Gasteiger partial charge in [-0.2, -0.15) is 0 Å². The monoisotopic (exact) mass is 373 g/mol. The lowest BCUT2D eigenvalue weighted by atomic mass is 10.0. The summed E-state index contributed by atoms with van der Waals surface area (Å²) in [6.07, 6.45) is 2.39. The summed E-state index contributed by atoms with van der Waals surface area (Å²) in [6.45, 7) is 12.1. The molecule has 1 aromatic carbocycles. The SMILES string of the molecule is CC(C)CC(=O)NC1CCN(c2ccccc2C(=O)N[C@@H](C)C(C)C)CC1. The third kappa shape index (κ3) is 6.26. The Kier molecular flexibility index (Phi) is 7.69. The van der Waals surface area contributed by atoms with E-state index in [0.717, 1.165) is 37.2 Å². The molecular weight excluding hydrogens is 338 g/mol. The third-order valence-electron chi connectivity index (χ3n) is 5.30. The van der Waals surface area contributed by atoms with Crippen LogP contribution in [0.15, 0.2) is 24.3 Å². The number of amides is 2. The largest absolute Gasteiger partial charge is 0.371 e. The fraction of sp³-hybridized carbons (Fsp3) is 0.636. The lowest BCUT2D eigenvalue weighted by Gasteiger charge is -2.35. The number of para-hydroxylation sites is 1. The quantitative estimate of drug-likeness (QED) is 0.768. The van der Waals surface area contributed by atoms with Crippen LogP contribution in [0, 0.1) is 11.8 Å². The Balaban J connectivity index is 1.98. The van der Waals surface area contributed by atoms with E-state index >= 15 is 0 Å². The Labute approximate surface area is 163 Å². The van der Waals surface area contributed by atoms with Crippen molar-refractivity contribution in [1.29, 1.82) is 0 Å². The number of anilines is 1.